The van der Waals surface area contributed by atoms with Gasteiger partial charge in [-0.15, -0.1) is 11.8 Å². The van der Waals surface area contributed by atoms with Crippen molar-refractivity contribution in [1.82, 2.24) is 0 Å². The zero-order valence-corrected chi connectivity index (χ0v) is 12.5. The van der Waals surface area contributed by atoms with E-state index in [1.807, 2.05) is 11.8 Å². The molecule has 0 saturated heterocycles. The third-order valence-electron chi connectivity index (χ3n) is 4.91. The van der Waals surface area contributed by atoms with Gasteiger partial charge in [-0.2, -0.15) is 0 Å². The van der Waals surface area contributed by atoms with Crippen molar-refractivity contribution in [3.05, 3.63) is 60.2 Å². The lowest BCUT2D eigenvalue weighted by molar-refractivity contribution is 0.00180. The second-order valence-electron chi connectivity index (χ2n) is 6.09. The Morgan fingerprint density at radius 2 is 1.70 bits per heavy atom. The number of hydrogen-bond acceptors (Lipinski definition) is 2. The predicted molar refractivity (Wildman–Crippen MR) is 83.3 cm³/mol. The first kappa shape index (κ1) is 12.3. The summed E-state index contributed by atoms with van der Waals surface area (Å²) in [6, 6.07) is 19.3. The summed E-state index contributed by atoms with van der Waals surface area (Å²) in [5, 5.41) is 0. The first-order valence-electron chi connectivity index (χ1n) is 7.20. The minimum atomic E-state index is 0.184. The molecule has 0 bridgehead atoms. The van der Waals surface area contributed by atoms with Crippen molar-refractivity contribution in [3.8, 4) is 5.75 Å². The Hall–Kier alpha value is -1.41. The van der Waals surface area contributed by atoms with Gasteiger partial charge in [-0.3, -0.25) is 0 Å². The lowest BCUT2D eigenvalue weighted by atomic mass is 9.57. The SMILES string of the molecule is CC12CCC1(Sc1ccccc1)c1ccccc1OC2. The molecule has 2 unspecified atom stereocenters. The molecule has 0 amide bonds. The molecule has 20 heavy (non-hydrogen) atoms. The molecule has 1 fully saturated rings. The Bertz CT molecular complexity index is 639. The summed E-state index contributed by atoms with van der Waals surface area (Å²) in [4.78, 5) is 1.36. The minimum absolute atomic E-state index is 0.184. The summed E-state index contributed by atoms with van der Waals surface area (Å²) in [7, 11) is 0. The number of ether oxygens (including phenoxy) is 1. The maximum atomic E-state index is 6.01. The van der Waals surface area contributed by atoms with Gasteiger partial charge in [-0.1, -0.05) is 43.3 Å². The van der Waals surface area contributed by atoms with Gasteiger partial charge < -0.3 is 4.74 Å². The fraction of sp³-hybridized carbons (Fsp3) is 0.333. The van der Waals surface area contributed by atoms with Crippen LogP contribution in [0.1, 0.15) is 25.3 Å². The largest absolute Gasteiger partial charge is 0.493 e. The minimum Gasteiger partial charge on any atom is -0.493 e. The molecular weight excluding hydrogens is 264 g/mol. The third kappa shape index (κ3) is 1.58. The van der Waals surface area contributed by atoms with Crippen LogP contribution in [0, 0.1) is 5.41 Å². The van der Waals surface area contributed by atoms with Gasteiger partial charge in [0.1, 0.15) is 5.75 Å². The summed E-state index contributed by atoms with van der Waals surface area (Å²) >= 11 is 2.02. The highest BCUT2D eigenvalue weighted by molar-refractivity contribution is 8.00. The molecular formula is C18H18OS. The van der Waals surface area contributed by atoms with E-state index in [1.54, 1.807) is 0 Å². The smallest absolute Gasteiger partial charge is 0.123 e. The molecule has 1 nitrogen and oxygen atoms in total. The third-order valence-corrected chi connectivity index (χ3v) is 6.68. The van der Waals surface area contributed by atoms with Crippen molar-refractivity contribution < 1.29 is 4.74 Å². The summed E-state index contributed by atoms with van der Waals surface area (Å²) in [5.74, 6) is 1.08. The average Bonchev–Trinajstić information content (AvgIpc) is 2.49. The van der Waals surface area contributed by atoms with Crippen LogP contribution in [-0.4, -0.2) is 6.61 Å². The van der Waals surface area contributed by atoms with Crippen molar-refractivity contribution in [3.63, 3.8) is 0 Å². The van der Waals surface area contributed by atoms with Crippen molar-refractivity contribution in [2.24, 2.45) is 5.41 Å². The zero-order chi connectivity index (χ0) is 13.6. The van der Waals surface area contributed by atoms with Crippen LogP contribution < -0.4 is 4.74 Å². The van der Waals surface area contributed by atoms with Crippen molar-refractivity contribution >= 4 is 11.8 Å². The fourth-order valence-electron chi connectivity index (χ4n) is 3.51. The van der Waals surface area contributed by atoms with Crippen LogP contribution >= 0.6 is 11.8 Å². The Morgan fingerprint density at radius 1 is 0.950 bits per heavy atom. The van der Waals surface area contributed by atoms with Gasteiger partial charge in [0.15, 0.2) is 0 Å². The average molecular weight is 282 g/mol. The van der Waals surface area contributed by atoms with E-state index < -0.39 is 0 Å². The van der Waals surface area contributed by atoms with Gasteiger partial charge >= 0.3 is 0 Å². The summed E-state index contributed by atoms with van der Waals surface area (Å²) in [5.41, 5.74) is 1.64. The van der Waals surface area contributed by atoms with Crippen LogP contribution in [0.2, 0.25) is 0 Å². The Kier molecular flexibility index (Phi) is 2.65. The van der Waals surface area contributed by atoms with E-state index in [9.17, 15) is 0 Å². The van der Waals surface area contributed by atoms with E-state index in [-0.39, 0.29) is 10.2 Å². The van der Waals surface area contributed by atoms with E-state index in [0.29, 0.717) is 0 Å². The number of hydrogen-bond donors (Lipinski definition) is 0. The molecule has 0 N–H and O–H groups in total. The molecule has 1 aliphatic carbocycles. The highest BCUT2D eigenvalue weighted by atomic mass is 32.2. The maximum Gasteiger partial charge on any atom is 0.123 e. The highest BCUT2D eigenvalue weighted by Gasteiger charge is 2.61. The molecule has 2 aliphatic rings. The van der Waals surface area contributed by atoms with Gasteiger partial charge in [-0.25, -0.2) is 0 Å². The first-order valence-corrected chi connectivity index (χ1v) is 8.02. The second-order valence-corrected chi connectivity index (χ2v) is 7.46. The first-order chi connectivity index (χ1) is 9.74. The Morgan fingerprint density at radius 3 is 2.45 bits per heavy atom. The lowest BCUT2D eigenvalue weighted by Crippen LogP contribution is -2.56. The molecule has 2 aromatic carbocycles. The predicted octanol–water partition coefficient (Wildman–Crippen LogP) is 4.87. The number of rotatable bonds is 2. The van der Waals surface area contributed by atoms with Crippen LogP contribution in [-0.2, 0) is 4.75 Å². The van der Waals surface area contributed by atoms with Crippen LogP contribution in [0.25, 0.3) is 0 Å². The molecule has 1 saturated carbocycles. The fourth-order valence-corrected chi connectivity index (χ4v) is 5.10. The van der Waals surface area contributed by atoms with Crippen LogP contribution in [0.4, 0.5) is 0 Å². The number of fused-ring (bicyclic) bond motifs is 3. The summed E-state index contributed by atoms with van der Waals surface area (Å²) in [6.07, 6.45) is 2.49. The highest BCUT2D eigenvalue weighted by Crippen LogP contribution is 2.68. The number of para-hydroxylation sites is 1. The van der Waals surface area contributed by atoms with Gasteiger partial charge in [0, 0.05) is 15.9 Å². The molecule has 1 aliphatic heterocycles. The normalized spacial score (nSPS) is 30.6. The summed E-state index contributed by atoms with van der Waals surface area (Å²) in [6.45, 7) is 3.21. The van der Waals surface area contributed by atoms with Crippen molar-refractivity contribution in [1.29, 1.82) is 0 Å². The number of benzene rings is 2. The zero-order valence-electron chi connectivity index (χ0n) is 11.6. The number of thioether (sulfide) groups is 1. The monoisotopic (exact) mass is 282 g/mol. The van der Waals surface area contributed by atoms with E-state index >= 15 is 0 Å². The molecule has 102 valence electrons. The molecule has 0 aromatic heterocycles. The second kappa shape index (κ2) is 4.29. The van der Waals surface area contributed by atoms with E-state index in [0.717, 1.165) is 12.4 Å². The summed E-state index contributed by atoms with van der Waals surface area (Å²) < 4.78 is 6.19. The van der Waals surface area contributed by atoms with Crippen LogP contribution in [0.3, 0.4) is 0 Å². The Balaban J connectivity index is 1.82. The van der Waals surface area contributed by atoms with E-state index in [1.165, 1.54) is 23.3 Å². The standard InChI is InChI=1S/C18H18OS/c1-17-11-12-18(17,20-14-7-3-2-4-8-14)15-9-5-6-10-16(15)19-13-17/h2-10H,11-13H2,1H3. The van der Waals surface area contributed by atoms with Crippen LogP contribution in [0.5, 0.6) is 5.75 Å². The van der Waals surface area contributed by atoms with E-state index in [2.05, 4.69) is 61.5 Å². The van der Waals surface area contributed by atoms with Crippen molar-refractivity contribution in [2.75, 3.05) is 6.61 Å². The van der Waals surface area contributed by atoms with Gasteiger partial charge in [0.25, 0.3) is 0 Å². The molecule has 0 spiro atoms. The molecule has 2 atom stereocenters. The molecule has 2 heteroatoms. The molecule has 0 radical (unpaired) electrons. The lowest BCUT2D eigenvalue weighted by Gasteiger charge is -2.60. The van der Waals surface area contributed by atoms with Gasteiger partial charge in [-0.05, 0) is 31.0 Å². The quantitative estimate of drug-likeness (QED) is 0.777. The maximum absolute atomic E-state index is 6.01. The molecule has 2 aromatic rings. The van der Waals surface area contributed by atoms with Crippen LogP contribution in [0.15, 0.2) is 59.5 Å². The topological polar surface area (TPSA) is 9.23 Å². The van der Waals surface area contributed by atoms with E-state index in [4.69, 9.17) is 4.74 Å². The van der Waals surface area contributed by atoms with Crippen molar-refractivity contribution in [2.45, 2.75) is 29.4 Å². The molecule has 4 rings (SSSR count). The van der Waals surface area contributed by atoms with Gasteiger partial charge in [0.05, 0.1) is 11.4 Å². The van der Waals surface area contributed by atoms with Gasteiger partial charge in [0.2, 0.25) is 0 Å². The molecule has 1 heterocycles. The Labute approximate surface area is 124 Å².